The van der Waals surface area contributed by atoms with E-state index in [0.29, 0.717) is 24.9 Å². The molecule has 1 amide bonds. The number of aromatic nitrogens is 2. The van der Waals surface area contributed by atoms with Gasteiger partial charge in [0.2, 0.25) is 5.91 Å². The molecule has 0 N–H and O–H groups in total. The number of hydrogen-bond donors (Lipinski definition) is 0. The maximum atomic E-state index is 12.4. The van der Waals surface area contributed by atoms with Crippen molar-refractivity contribution in [2.45, 2.75) is 30.1 Å². The minimum Gasteiger partial charge on any atom is -0.486 e. The minimum atomic E-state index is -0.151. The number of ether oxygens (including phenoxy) is 2. The molecular formula is C18H21N3O3S. The molecule has 1 saturated carbocycles. The monoisotopic (exact) mass is 359 g/mol. The van der Waals surface area contributed by atoms with Crippen LogP contribution in [-0.2, 0) is 4.79 Å². The summed E-state index contributed by atoms with van der Waals surface area (Å²) in [5.41, 5.74) is 0. The van der Waals surface area contributed by atoms with Gasteiger partial charge in [-0.15, -0.1) is 0 Å². The molecule has 1 atom stereocenters. The van der Waals surface area contributed by atoms with Crippen LogP contribution in [0.3, 0.4) is 0 Å². The third-order valence-electron chi connectivity index (χ3n) is 4.37. The third kappa shape index (κ3) is 3.76. The molecule has 2 aliphatic rings. The molecule has 2 aromatic rings. The number of amides is 1. The van der Waals surface area contributed by atoms with Gasteiger partial charge >= 0.3 is 0 Å². The molecule has 1 aromatic heterocycles. The van der Waals surface area contributed by atoms with Gasteiger partial charge in [-0.25, -0.2) is 4.98 Å². The van der Waals surface area contributed by atoms with E-state index in [1.165, 1.54) is 24.6 Å². The average Bonchev–Trinajstić information content (AvgIpc) is 3.37. The molecule has 25 heavy (non-hydrogen) atoms. The number of rotatable bonds is 6. The summed E-state index contributed by atoms with van der Waals surface area (Å²) >= 11 is 1.50. The van der Waals surface area contributed by atoms with Crippen LogP contribution in [0.2, 0.25) is 0 Å². The van der Waals surface area contributed by atoms with Crippen LogP contribution in [0, 0.1) is 0 Å². The van der Waals surface area contributed by atoms with Gasteiger partial charge in [0.25, 0.3) is 0 Å². The molecule has 1 unspecified atom stereocenters. The predicted octanol–water partition coefficient (Wildman–Crippen LogP) is 2.61. The molecule has 6 nitrogen and oxygen atoms in total. The number of likely N-dealkylation sites (N-methyl/N-ethyl adjacent to an activating group) is 1. The second kappa shape index (κ2) is 7.00. The molecule has 1 aliphatic carbocycles. The number of fused-ring (bicyclic) bond motifs is 1. The topological polar surface area (TPSA) is 56.6 Å². The van der Waals surface area contributed by atoms with Gasteiger partial charge in [0, 0.05) is 25.5 Å². The Morgan fingerprint density at radius 3 is 2.96 bits per heavy atom. The first-order valence-electron chi connectivity index (χ1n) is 8.49. The Morgan fingerprint density at radius 2 is 2.16 bits per heavy atom. The Balaban J connectivity index is 1.28. The number of thioether (sulfide) groups is 1. The van der Waals surface area contributed by atoms with Gasteiger partial charge in [-0.05, 0) is 25.0 Å². The number of imidazole rings is 1. The van der Waals surface area contributed by atoms with Crippen molar-refractivity contribution >= 4 is 17.7 Å². The number of hydrogen-bond acceptors (Lipinski definition) is 5. The largest absolute Gasteiger partial charge is 0.486 e. The lowest BCUT2D eigenvalue weighted by molar-refractivity contribution is -0.128. The Kier molecular flexibility index (Phi) is 4.57. The number of carbonyl (C=O) groups is 1. The van der Waals surface area contributed by atoms with Crippen LogP contribution in [0.25, 0.3) is 0 Å². The first-order chi connectivity index (χ1) is 12.2. The highest BCUT2D eigenvalue weighted by molar-refractivity contribution is 7.99. The average molecular weight is 359 g/mol. The lowest BCUT2D eigenvalue weighted by Gasteiger charge is -2.29. The van der Waals surface area contributed by atoms with Crippen molar-refractivity contribution in [3.05, 3.63) is 36.7 Å². The van der Waals surface area contributed by atoms with Crippen molar-refractivity contribution in [1.82, 2.24) is 14.5 Å². The van der Waals surface area contributed by atoms with E-state index in [0.717, 1.165) is 16.7 Å². The smallest absolute Gasteiger partial charge is 0.232 e. The maximum Gasteiger partial charge on any atom is 0.232 e. The second-order valence-corrected chi connectivity index (χ2v) is 7.35. The number of para-hydroxylation sites is 2. The summed E-state index contributed by atoms with van der Waals surface area (Å²) in [7, 11) is 1.81. The van der Waals surface area contributed by atoms with Crippen molar-refractivity contribution < 1.29 is 14.3 Å². The van der Waals surface area contributed by atoms with E-state index < -0.39 is 0 Å². The molecule has 0 saturated heterocycles. The summed E-state index contributed by atoms with van der Waals surface area (Å²) in [5.74, 6) is 1.94. The summed E-state index contributed by atoms with van der Waals surface area (Å²) in [6.07, 6.45) is 6.07. The fraction of sp³-hybridized carbons (Fsp3) is 0.444. The molecule has 0 spiro atoms. The lowest BCUT2D eigenvalue weighted by atomic mass is 10.2. The van der Waals surface area contributed by atoms with Crippen molar-refractivity contribution in [1.29, 1.82) is 0 Å². The predicted molar refractivity (Wildman–Crippen MR) is 95.2 cm³/mol. The van der Waals surface area contributed by atoms with Gasteiger partial charge in [0.1, 0.15) is 6.61 Å². The minimum absolute atomic E-state index is 0.0674. The van der Waals surface area contributed by atoms with Gasteiger partial charge in [-0.3, -0.25) is 4.79 Å². The Hall–Kier alpha value is -2.15. The van der Waals surface area contributed by atoms with E-state index in [2.05, 4.69) is 9.55 Å². The lowest BCUT2D eigenvalue weighted by Crippen LogP contribution is -2.42. The maximum absolute atomic E-state index is 12.4. The molecule has 1 fully saturated rings. The Morgan fingerprint density at radius 1 is 1.36 bits per heavy atom. The van der Waals surface area contributed by atoms with Crippen molar-refractivity contribution in [3.63, 3.8) is 0 Å². The zero-order valence-electron chi connectivity index (χ0n) is 14.1. The number of nitrogens with zero attached hydrogens (tertiary/aromatic N) is 3. The first-order valence-corrected chi connectivity index (χ1v) is 9.47. The van der Waals surface area contributed by atoms with Crippen LogP contribution >= 0.6 is 11.8 Å². The van der Waals surface area contributed by atoms with Crippen molar-refractivity contribution in [3.8, 4) is 11.5 Å². The zero-order valence-corrected chi connectivity index (χ0v) is 14.9. The van der Waals surface area contributed by atoms with Crippen LogP contribution < -0.4 is 9.47 Å². The standard InChI is InChI=1S/C18H21N3O3S/c1-20(10-14-11-23-15-4-2-3-5-16(15)24-14)17(22)12-25-18-19-8-9-21(18)13-6-7-13/h2-5,8-9,13-14H,6-7,10-12H2,1H3. The molecule has 0 bridgehead atoms. The van der Waals surface area contributed by atoms with Crippen molar-refractivity contribution in [2.75, 3.05) is 26.0 Å². The Bertz CT molecular complexity index is 760. The number of benzene rings is 1. The second-order valence-electron chi connectivity index (χ2n) is 6.41. The van der Waals surface area contributed by atoms with E-state index in [4.69, 9.17) is 9.47 Å². The van der Waals surface area contributed by atoms with E-state index in [-0.39, 0.29) is 12.0 Å². The van der Waals surface area contributed by atoms with Gasteiger partial charge in [-0.1, -0.05) is 23.9 Å². The summed E-state index contributed by atoms with van der Waals surface area (Å²) in [6, 6.07) is 8.18. The number of carbonyl (C=O) groups excluding carboxylic acids is 1. The van der Waals surface area contributed by atoms with Crippen LogP contribution in [0.4, 0.5) is 0 Å². The first kappa shape index (κ1) is 16.3. The van der Waals surface area contributed by atoms with E-state index in [1.807, 2.05) is 30.5 Å². The molecule has 1 aromatic carbocycles. The highest BCUT2D eigenvalue weighted by atomic mass is 32.2. The van der Waals surface area contributed by atoms with Crippen molar-refractivity contribution in [2.24, 2.45) is 0 Å². The molecule has 2 heterocycles. The zero-order chi connectivity index (χ0) is 17.2. The summed E-state index contributed by atoms with van der Waals surface area (Å²) in [5, 5.41) is 0.926. The van der Waals surface area contributed by atoms with Crippen LogP contribution in [-0.4, -0.2) is 52.4 Å². The molecule has 1 aliphatic heterocycles. The Labute approximate surface area is 151 Å². The molecule has 7 heteroatoms. The van der Waals surface area contributed by atoms with E-state index in [9.17, 15) is 4.79 Å². The van der Waals surface area contributed by atoms with Crippen LogP contribution in [0.5, 0.6) is 11.5 Å². The summed E-state index contributed by atoms with van der Waals surface area (Å²) in [4.78, 5) is 18.5. The molecule has 4 rings (SSSR count). The SMILES string of the molecule is CN(CC1COc2ccccc2O1)C(=O)CSc1nccn1C1CC1. The highest BCUT2D eigenvalue weighted by Gasteiger charge is 2.27. The van der Waals surface area contributed by atoms with Crippen LogP contribution in [0.1, 0.15) is 18.9 Å². The van der Waals surface area contributed by atoms with Gasteiger partial charge in [0.05, 0.1) is 12.3 Å². The molecular weight excluding hydrogens is 338 g/mol. The van der Waals surface area contributed by atoms with Crippen LogP contribution in [0.15, 0.2) is 41.8 Å². The van der Waals surface area contributed by atoms with Gasteiger partial charge in [-0.2, -0.15) is 0 Å². The third-order valence-corrected chi connectivity index (χ3v) is 5.33. The van der Waals surface area contributed by atoms with Gasteiger partial charge < -0.3 is 18.9 Å². The quantitative estimate of drug-likeness (QED) is 0.742. The fourth-order valence-electron chi connectivity index (χ4n) is 2.84. The van der Waals surface area contributed by atoms with E-state index in [1.54, 1.807) is 18.1 Å². The summed E-state index contributed by atoms with van der Waals surface area (Å²) in [6.45, 7) is 0.957. The normalized spacial score (nSPS) is 18.8. The fourth-order valence-corrected chi connectivity index (χ4v) is 3.81. The molecule has 0 radical (unpaired) electrons. The molecule has 132 valence electrons. The highest BCUT2D eigenvalue weighted by Crippen LogP contribution is 2.37. The van der Waals surface area contributed by atoms with E-state index >= 15 is 0 Å². The summed E-state index contributed by atoms with van der Waals surface area (Å²) < 4.78 is 13.8. The van der Waals surface area contributed by atoms with Gasteiger partial charge in [0.15, 0.2) is 22.8 Å².